The molecule has 142 valence electrons. The van der Waals surface area contributed by atoms with E-state index in [1.165, 1.54) is 0 Å². The number of amides is 1. The summed E-state index contributed by atoms with van der Waals surface area (Å²) in [5.41, 5.74) is 1.26. The zero-order valence-corrected chi connectivity index (χ0v) is 15.6. The van der Waals surface area contributed by atoms with Crippen molar-refractivity contribution in [1.29, 1.82) is 0 Å². The molecule has 0 saturated carbocycles. The van der Waals surface area contributed by atoms with Gasteiger partial charge in [0.05, 0.1) is 18.4 Å². The van der Waals surface area contributed by atoms with E-state index in [1.54, 1.807) is 12.3 Å². The molecule has 0 saturated heterocycles. The average molecular weight is 367 g/mol. The average Bonchev–Trinajstić information content (AvgIpc) is 2.67. The predicted octanol–water partition coefficient (Wildman–Crippen LogP) is 4.19. The monoisotopic (exact) mass is 367 g/mol. The number of alkyl carbamates (subject to hydrolysis) is 1. The molecule has 0 aromatic heterocycles. The van der Waals surface area contributed by atoms with Gasteiger partial charge in [0.15, 0.2) is 0 Å². The number of hydrogen-bond acceptors (Lipinski definition) is 4. The Morgan fingerprint density at radius 1 is 1.04 bits per heavy atom. The second-order valence-electron chi connectivity index (χ2n) is 6.83. The van der Waals surface area contributed by atoms with Crippen LogP contribution >= 0.6 is 0 Å². The van der Waals surface area contributed by atoms with E-state index >= 15 is 0 Å². The van der Waals surface area contributed by atoms with Crippen molar-refractivity contribution in [2.75, 3.05) is 0 Å². The summed E-state index contributed by atoms with van der Waals surface area (Å²) < 4.78 is 17.1. The Hall–Kier alpha value is -2.79. The topological polar surface area (TPSA) is 56.8 Å². The van der Waals surface area contributed by atoms with Crippen molar-refractivity contribution in [2.24, 2.45) is 0 Å². The first-order valence-corrected chi connectivity index (χ1v) is 9.04. The van der Waals surface area contributed by atoms with Gasteiger partial charge in [-0.25, -0.2) is 4.79 Å². The van der Waals surface area contributed by atoms with Crippen LogP contribution in [0, 0.1) is 0 Å². The third-order valence-corrected chi connectivity index (χ3v) is 4.58. The van der Waals surface area contributed by atoms with Gasteiger partial charge >= 0.3 is 6.09 Å². The summed E-state index contributed by atoms with van der Waals surface area (Å²) in [6, 6.07) is 19.5. The molecule has 2 aromatic rings. The molecule has 27 heavy (non-hydrogen) atoms. The Bertz CT molecular complexity index is 762. The fraction of sp³-hybridized carbons (Fsp3) is 0.318. The number of nitrogens with one attached hydrogen (secondary N) is 1. The number of carbonyl (C=O) groups is 1. The van der Waals surface area contributed by atoms with Crippen LogP contribution in [0.3, 0.4) is 0 Å². The summed E-state index contributed by atoms with van der Waals surface area (Å²) in [5, 5.41) is 2.93. The van der Waals surface area contributed by atoms with Gasteiger partial charge < -0.3 is 19.5 Å². The van der Waals surface area contributed by atoms with E-state index in [-0.39, 0.29) is 18.8 Å². The molecule has 0 radical (unpaired) electrons. The maximum atomic E-state index is 12.4. The molecule has 1 N–H and O–H groups in total. The molecule has 0 bridgehead atoms. The summed E-state index contributed by atoms with van der Waals surface area (Å²) in [6.45, 7) is 4.48. The van der Waals surface area contributed by atoms with Crippen molar-refractivity contribution in [3.05, 3.63) is 84.1 Å². The van der Waals surface area contributed by atoms with E-state index in [1.807, 2.05) is 74.5 Å². The van der Waals surface area contributed by atoms with Gasteiger partial charge in [0.25, 0.3) is 0 Å². The van der Waals surface area contributed by atoms with E-state index in [2.05, 4.69) is 5.32 Å². The SMILES string of the molecule is C[C@H]1OC=C[C@](C)(NC(=O)OCc2ccccc2)[C@@H]1OCc1ccccc1. The Kier molecular flexibility index (Phi) is 6.14. The third kappa shape index (κ3) is 5.11. The van der Waals surface area contributed by atoms with Gasteiger partial charge in [0, 0.05) is 0 Å². The van der Waals surface area contributed by atoms with Gasteiger partial charge in [-0.2, -0.15) is 0 Å². The molecule has 1 heterocycles. The van der Waals surface area contributed by atoms with Crippen molar-refractivity contribution in [3.8, 4) is 0 Å². The van der Waals surface area contributed by atoms with Crippen LogP contribution in [-0.2, 0) is 27.4 Å². The molecule has 1 aliphatic rings. The number of carbonyl (C=O) groups excluding carboxylic acids is 1. The highest BCUT2D eigenvalue weighted by atomic mass is 16.6. The minimum absolute atomic E-state index is 0.210. The fourth-order valence-electron chi connectivity index (χ4n) is 3.12. The predicted molar refractivity (Wildman–Crippen MR) is 103 cm³/mol. The molecule has 0 fully saturated rings. The molecular weight excluding hydrogens is 342 g/mol. The first kappa shape index (κ1) is 19.0. The van der Waals surface area contributed by atoms with Gasteiger partial charge in [-0.05, 0) is 31.1 Å². The first-order valence-electron chi connectivity index (χ1n) is 9.04. The van der Waals surface area contributed by atoms with Gasteiger partial charge in [-0.3, -0.25) is 0 Å². The molecular formula is C22H25NO4. The lowest BCUT2D eigenvalue weighted by Gasteiger charge is -2.41. The number of benzene rings is 2. The Morgan fingerprint density at radius 3 is 2.26 bits per heavy atom. The minimum atomic E-state index is -0.736. The number of ether oxygens (including phenoxy) is 3. The molecule has 1 aliphatic heterocycles. The van der Waals surface area contributed by atoms with Crippen LogP contribution in [0.4, 0.5) is 4.79 Å². The second kappa shape index (κ2) is 8.73. The van der Waals surface area contributed by atoms with E-state index in [0.717, 1.165) is 11.1 Å². The fourth-order valence-corrected chi connectivity index (χ4v) is 3.12. The molecule has 0 unspecified atom stereocenters. The highest BCUT2D eigenvalue weighted by molar-refractivity contribution is 5.69. The molecule has 0 spiro atoms. The first-order chi connectivity index (χ1) is 13.1. The van der Waals surface area contributed by atoms with Crippen LogP contribution in [-0.4, -0.2) is 23.8 Å². The molecule has 2 aromatic carbocycles. The third-order valence-electron chi connectivity index (χ3n) is 4.58. The van der Waals surface area contributed by atoms with Crippen LogP contribution in [0.2, 0.25) is 0 Å². The van der Waals surface area contributed by atoms with Crippen molar-refractivity contribution in [3.63, 3.8) is 0 Å². The summed E-state index contributed by atoms with van der Waals surface area (Å²) in [6.07, 6.45) is 2.34. The Labute approximate surface area is 159 Å². The van der Waals surface area contributed by atoms with Crippen LogP contribution in [0.1, 0.15) is 25.0 Å². The lowest BCUT2D eigenvalue weighted by Crippen LogP contribution is -2.59. The van der Waals surface area contributed by atoms with Crippen LogP contribution < -0.4 is 5.32 Å². The zero-order chi connectivity index (χ0) is 19.1. The quantitative estimate of drug-likeness (QED) is 0.832. The maximum Gasteiger partial charge on any atom is 0.408 e. The second-order valence-corrected chi connectivity index (χ2v) is 6.83. The van der Waals surface area contributed by atoms with E-state index in [0.29, 0.717) is 6.61 Å². The molecule has 5 heteroatoms. The van der Waals surface area contributed by atoms with E-state index < -0.39 is 11.6 Å². The lowest BCUT2D eigenvalue weighted by atomic mass is 9.89. The van der Waals surface area contributed by atoms with Gasteiger partial charge in [0.1, 0.15) is 18.8 Å². The van der Waals surface area contributed by atoms with Crippen LogP contribution in [0.5, 0.6) is 0 Å². The summed E-state index contributed by atoms with van der Waals surface area (Å²) in [5.74, 6) is 0. The molecule has 1 amide bonds. The van der Waals surface area contributed by atoms with Crippen molar-refractivity contribution in [2.45, 2.75) is 44.8 Å². The Balaban J connectivity index is 1.61. The van der Waals surface area contributed by atoms with Crippen LogP contribution in [0.25, 0.3) is 0 Å². The highest BCUT2D eigenvalue weighted by Crippen LogP contribution is 2.26. The van der Waals surface area contributed by atoms with Gasteiger partial charge in [-0.1, -0.05) is 60.7 Å². The molecule has 5 nitrogen and oxygen atoms in total. The van der Waals surface area contributed by atoms with Crippen molar-refractivity contribution in [1.82, 2.24) is 5.32 Å². The standard InChI is InChI=1S/C22H25NO4/c1-17-20(26-15-18-9-5-3-6-10-18)22(2,13-14-25-17)23-21(24)27-16-19-11-7-4-8-12-19/h3-14,17,20H,15-16H2,1-2H3,(H,23,24)/t17-,20-,22+/m1/s1. The van der Waals surface area contributed by atoms with E-state index in [9.17, 15) is 4.79 Å². The smallest absolute Gasteiger partial charge is 0.408 e. The highest BCUT2D eigenvalue weighted by Gasteiger charge is 2.42. The Morgan fingerprint density at radius 2 is 1.63 bits per heavy atom. The number of rotatable bonds is 6. The maximum absolute atomic E-state index is 12.4. The molecule has 3 atom stereocenters. The largest absolute Gasteiger partial charge is 0.496 e. The normalized spacial score (nSPS) is 24.1. The zero-order valence-electron chi connectivity index (χ0n) is 15.6. The lowest BCUT2D eigenvalue weighted by molar-refractivity contribution is -0.0873. The van der Waals surface area contributed by atoms with Crippen molar-refractivity contribution >= 4 is 6.09 Å². The minimum Gasteiger partial charge on any atom is -0.496 e. The summed E-state index contributed by atoms with van der Waals surface area (Å²) in [7, 11) is 0. The summed E-state index contributed by atoms with van der Waals surface area (Å²) >= 11 is 0. The molecule has 0 aliphatic carbocycles. The van der Waals surface area contributed by atoms with Crippen molar-refractivity contribution < 1.29 is 19.0 Å². The van der Waals surface area contributed by atoms with E-state index in [4.69, 9.17) is 14.2 Å². The molecule has 3 rings (SSSR count). The van der Waals surface area contributed by atoms with Gasteiger partial charge in [0.2, 0.25) is 0 Å². The van der Waals surface area contributed by atoms with Crippen LogP contribution in [0.15, 0.2) is 73.0 Å². The number of hydrogen-bond donors (Lipinski definition) is 1. The summed E-state index contributed by atoms with van der Waals surface area (Å²) in [4.78, 5) is 12.4. The van der Waals surface area contributed by atoms with Gasteiger partial charge in [-0.15, -0.1) is 0 Å².